The van der Waals surface area contributed by atoms with Gasteiger partial charge in [0.25, 0.3) is 0 Å². The van der Waals surface area contributed by atoms with Crippen molar-refractivity contribution in [2.24, 2.45) is 0 Å². The Labute approximate surface area is 327 Å². The summed E-state index contributed by atoms with van der Waals surface area (Å²) in [4.78, 5) is 13.3. The standard InChI is InChI=1S/C47H42N3S.Pt/c1-46(2,3)35-20-18-31(19-21-35)38-29-39(30-12-8-7-9-13-30)45(51)44-37(38)22-23-40(49-44)32-16-17-34-26-33-14-10-11-15-41(33)50(42(34)27-32)43-28-36(24-25-48-43)47(4,5)6;/h7-25,28-29,51H,26H2,1-6H3;/q-1;+2/p-1. The molecule has 8 rings (SSSR count). The Balaban J connectivity index is 0.00000420. The SMILES string of the molecule is CC(C)(C)c1ccc(-c2cc(-c3ccccc3)c([S-])c3nc(-c4[c-]c5c(cc4)Cc4ccccc4N5c4cc(C(C)(C)C)ccn4)ccc23)cc1.[Pt+2]. The molecule has 1 aliphatic heterocycles. The number of fused-ring (bicyclic) bond motifs is 3. The summed E-state index contributed by atoms with van der Waals surface area (Å²) in [5.41, 5.74) is 14.2. The van der Waals surface area contributed by atoms with Crippen molar-refractivity contribution in [1.29, 1.82) is 0 Å². The van der Waals surface area contributed by atoms with Gasteiger partial charge in [0.1, 0.15) is 5.82 Å². The van der Waals surface area contributed by atoms with Gasteiger partial charge in [-0.3, -0.25) is 4.98 Å². The largest absolute Gasteiger partial charge is 2.00 e. The molecule has 5 aromatic carbocycles. The Bertz CT molecular complexity index is 2420. The predicted octanol–water partition coefficient (Wildman–Crippen LogP) is 12.3. The van der Waals surface area contributed by atoms with E-state index in [0.29, 0.717) is 0 Å². The zero-order valence-corrected chi connectivity index (χ0v) is 33.5. The third-order valence-electron chi connectivity index (χ3n) is 10.0. The zero-order chi connectivity index (χ0) is 35.5. The van der Waals surface area contributed by atoms with Crippen molar-refractivity contribution in [3.63, 3.8) is 0 Å². The maximum absolute atomic E-state index is 6.24. The van der Waals surface area contributed by atoms with Crippen LogP contribution in [0.1, 0.15) is 63.8 Å². The molecule has 2 aromatic heterocycles. The summed E-state index contributed by atoms with van der Waals surface area (Å²) in [6, 6.07) is 47.0. The van der Waals surface area contributed by atoms with Crippen LogP contribution in [0.4, 0.5) is 17.2 Å². The van der Waals surface area contributed by atoms with Gasteiger partial charge in [0, 0.05) is 22.8 Å². The van der Waals surface area contributed by atoms with Crippen LogP contribution in [-0.4, -0.2) is 9.97 Å². The first-order chi connectivity index (χ1) is 24.5. The van der Waals surface area contributed by atoms with Crippen molar-refractivity contribution in [3.05, 3.63) is 156 Å². The van der Waals surface area contributed by atoms with Crippen LogP contribution in [0.5, 0.6) is 0 Å². The Hall–Kier alpha value is -4.63. The van der Waals surface area contributed by atoms with E-state index in [1.807, 2.05) is 12.3 Å². The van der Waals surface area contributed by atoms with Crippen LogP contribution in [-0.2, 0) is 50.9 Å². The van der Waals surface area contributed by atoms with Crippen LogP contribution < -0.4 is 4.90 Å². The van der Waals surface area contributed by atoms with Gasteiger partial charge in [0.05, 0.1) is 0 Å². The van der Waals surface area contributed by atoms with Gasteiger partial charge in [0.2, 0.25) is 0 Å². The second kappa shape index (κ2) is 13.7. The predicted molar refractivity (Wildman–Crippen MR) is 215 cm³/mol. The third-order valence-corrected chi connectivity index (χ3v) is 10.5. The van der Waals surface area contributed by atoms with Crippen LogP contribution in [0.2, 0.25) is 0 Å². The fourth-order valence-corrected chi connectivity index (χ4v) is 7.42. The van der Waals surface area contributed by atoms with Crippen molar-refractivity contribution in [3.8, 4) is 33.5 Å². The van der Waals surface area contributed by atoms with E-state index < -0.39 is 0 Å². The Morgan fingerprint density at radius 2 is 1.35 bits per heavy atom. The van der Waals surface area contributed by atoms with E-state index in [1.54, 1.807) is 0 Å². The van der Waals surface area contributed by atoms with Crippen molar-refractivity contribution in [2.45, 2.75) is 63.7 Å². The molecule has 52 heavy (non-hydrogen) atoms. The van der Waals surface area contributed by atoms with Gasteiger partial charge in [-0.15, -0.1) is 34.2 Å². The van der Waals surface area contributed by atoms with Gasteiger partial charge in [-0.05, 0) is 91.8 Å². The number of benzene rings is 5. The molecule has 7 aromatic rings. The molecule has 0 N–H and O–H groups in total. The molecule has 0 unspecified atom stereocenters. The summed E-state index contributed by atoms with van der Waals surface area (Å²) in [7, 11) is 0. The van der Waals surface area contributed by atoms with Gasteiger partial charge in [-0.25, -0.2) is 4.98 Å². The van der Waals surface area contributed by atoms with Crippen LogP contribution >= 0.6 is 0 Å². The van der Waals surface area contributed by atoms with Crippen LogP contribution in [0.3, 0.4) is 0 Å². The van der Waals surface area contributed by atoms with Crippen LogP contribution in [0, 0.1) is 6.07 Å². The van der Waals surface area contributed by atoms with Gasteiger partial charge in [-0.2, -0.15) is 0 Å². The molecule has 0 fully saturated rings. The summed E-state index contributed by atoms with van der Waals surface area (Å²) in [5, 5.41) is 1.05. The van der Waals surface area contributed by atoms with Crippen molar-refractivity contribution < 1.29 is 21.1 Å². The average molecular weight is 875 g/mol. The minimum atomic E-state index is -0.00952. The summed E-state index contributed by atoms with van der Waals surface area (Å²) < 4.78 is 0. The van der Waals surface area contributed by atoms with Gasteiger partial charge >= 0.3 is 21.1 Å². The first-order valence-corrected chi connectivity index (χ1v) is 18.1. The van der Waals surface area contributed by atoms with Crippen molar-refractivity contribution in [1.82, 2.24) is 9.97 Å². The van der Waals surface area contributed by atoms with E-state index in [-0.39, 0.29) is 31.9 Å². The molecule has 0 bridgehead atoms. The minimum absolute atomic E-state index is 0. The Morgan fingerprint density at radius 1 is 0.654 bits per heavy atom. The van der Waals surface area contributed by atoms with Gasteiger partial charge in [0.15, 0.2) is 0 Å². The number of rotatable bonds is 4. The van der Waals surface area contributed by atoms with E-state index in [2.05, 4.69) is 168 Å². The fourth-order valence-electron chi connectivity index (χ4n) is 7.09. The normalized spacial score (nSPS) is 12.6. The van der Waals surface area contributed by atoms with Crippen LogP contribution in [0.25, 0.3) is 44.4 Å². The molecular weight excluding hydrogens is 834 g/mol. The Morgan fingerprint density at radius 3 is 2.08 bits per heavy atom. The molecule has 0 saturated heterocycles. The van der Waals surface area contributed by atoms with Crippen LogP contribution in [0.15, 0.2) is 132 Å². The van der Waals surface area contributed by atoms with Gasteiger partial charge in [-0.1, -0.05) is 126 Å². The number of para-hydroxylation sites is 1. The van der Waals surface area contributed by atoms with Crippen molar-refractivity contribution in [2.75, 3.05) is 4.90 Å². The maximum Gasteiger partial charge on any atom is 2.00 e. The van der Waals surface area contributed by atoms with E-state index in [4.69, 9.17) is 22.6 Å². The molecule has 1 aliphatic rings. The van der Waals surface area contributed by atoms with E-state index in [1.165, 1.54) is 22.3 Å². The number of anilines is 3. The van der Waals surface area contributed by atoms with E-state index in [9.17, 15) is 0 Å². The number of nitrogens with zero attached hydrogens (tertiary/aromatic N) is 3. The molecule has 3 nitrogen and oxygen atoms in total. The first-order valence-electron chi connectivity index (χ1n) is 17.7. The maximum atomic E-state index is 6.24. The first kappa shape index (κ1) is 35.8. The molecule has 0 saturated carbocycles. The van der Waals surface area contributed by atoms with E-state index >= 15 is 0 Å². The summed E-state index contributed by atoms with van der Waals surface area (Å²) in [6.45, 7) is 13.5. The Kier molecular flexibility index (Phi) is 9.44. The third kappa shape index (κ3) is 6.60. The molecule has 3 heterocycles. The van der Waals surface area contributed by atoms with Gasteiger partial charge < -0.3 is 17.5 Å². The number of aromatic nitrogens is 2. The molecule has 5 heteroatoms. The van der Waals surface area contributed by atoms with Crippen molar-refractivity contribution >= 4 is 40.7 Å². The topological polar surface area (TPSA) is 29.0 Å². The smallest absolute Gasteiger partial charge is 0.777 e. The summed E-state index contributed by atoms with van der Waals surface area (Å²) in [6.07, 6.45) is 2.75. The van der Waals surface area contributed by atoms with E-state index in [0.717, 1.165) is 72.9 Å². The molecule has 260 valence electrons. The number of hydrogen-bond acceptors (Lipinski definition) is 4. The molecule has 0 radical (unpaired) electrons. The molecule has 0 atom stereocenters. The second-order valence-electron chi connectivity index (χ2n) is 15.6. The number of pyridine rings is 2. The molecule has 0 aliphatic carbocycles. The summed E-state index contributed by atoms with van der Waals surface area (Å²) in [5.74, 6) is 0.887. The second-order valence-corrected chi connectivity index (χ2v) is 16.0. The quantitative estimate of drug-likeness (QED) is 0.130. The molecule has 0 amide bonds. The summed E-state index contributed by atoms with van der Waals surface area (Å²) >= 11 is 6.24. The minimum Gasteiger partial charge on any atom is -0.777 e. The average Bonchev–Trinajstić information content (AvgIpc) is 3.13. The number of hydrogen-bond donors (Lipinski definition) is 0. The molecule has 0 spiro atoms. The molecular formula is C47H41N3PtS. The zero-order valence-electron chi connectivity index (χ0n) is 30.4. The monoisotopic (exact) mass is 874 g/mol. The fraction of sp³-hybridized carbons (Fsp3) is 0.191.